The molecule has 0 amide bonds. The van der Waals surface area contributed by atoms with E-state index in [9.17, 15) is 0 Å². The van der Waals surface area contributed by atoms with Gasteiger partial charge in [0.1, 0.15) is 0 Å². The van der Waals surface area contributed by atoms with E-state index in [1.165, 1.54) is 89.9 Å². The molecule has 0 spiro atoms. The van der Waals surface area contributed by atoms with Crippen LogP contribution < -0.4 is 0 Å². The SMILES string of the molecule is C=C/C=C/C=C/C=C/C=C/C=C/C=C/CCCCCCCCCCCCCCC. The molecule has 162 valence electrons. The summed E-state index contributed by atoms with van der Waals surface area (Å²) in [7, 11) is 0. The van der Waals surface area contributed by atoms with E-state index < -0.39 is 0 Å². The molecule has 0 fully saturated rings. The number of rotatable bonds is 20. The van der Waals surface area contributed by atoms with E-state index in [1.54, 1.807) is 6.08 Å². The van der Waals surface area contributed by atoms with Crippen LogP contribution in [0.4, 0.5) is 0 Å². The molecule has 0 aliphatic heterocycles. The summed E-state index contributed by atoms with van der Waals surface area (Å²) >= 11 is 0. The van der Waals surface area contributed by atoms with Gasteiger partial charge in [-0.1, -0.05) is 170 Å². The topological polar surface area (TPSA) is 0 Å². The van der Waals surface area contributed by atoms with Crippen molar-refractivity contribution in [2.45, 2.75) is 96.8 Å². The van der Waals surface area contributed by atoms with E-state index >= 15 is 0 Å². The number of hydrogen-bond acceptors (Lipinski definition) is 0. The van der Waals surface area contributed by atoms with E-state index in [4.69, 9.17) is 0 Å². The van der Waals surface area contributed by atoms with Crippen LogP contribution in [0.3, 0.4) is 0 Å². The number of allylic oxidation sites excluding steroid dienone is 13. The van der Waals surface area contributed by atoms with Gasteiger partial charge in [0, 0.05) is 0 Å². The van der Waals surface area contributed by atoms with Gasteiger partial charge in [-0.2, -0.15) is 0 Å². The van der Waals surface area contributed by atoms with E-state index in [1.807, 2.05) is 42.5 Å². The van der Waals surface area contributed by atoms with Gasteiger partial charge in [0.05, 0.1) is 0 Å². The maximum absolute atomic E-state index is 3.63. The minimum Gasteiger partial charge on any atom is -0.0991 e. The van der Waals surface area contributed by atoms with Crippen molar-refractivity contribution in [2.24, 2.45) is 0 Å². The van der Waals surface area contributed by atoms with Crippen molar-refractivity contribution in [1.29, 1.82) is 0 Å². The molecule has 29 heavy (non-hydrogen) atoms. The zero-order valence-corrected chi connectivity index (χ0v) is 19.1. The smallest absolute Gasteiger partial charge is 0.0348 e. The van der Waals surface area contributed by atoms with Gasteiger partial charge >= 0.3 is 0 Å². The molecule has 0 saturated carbocycles. The summed E-state index contributed by atoms with van der Waals surface area (Å²) in [6, 6.07) is 0. The molecule has 0 rings (SSSR count). The van der Waals surface area contributed by atoms with Crippen molar-refractivity contribution in [1.82, 2.24) is 0 Å². The Morgan fingerprint density at radius 2 is 0.759 bits per heavy atom. The average molecular weight is 395 g/mol. The molecule has 0 unspecified atom stereocenters. The lowest BCUT2D eigenvalue weighted by molar-refractivity contribution is 0.540. The second kappa shape index (κ2) is 26.2. The monoisotopic (exact) mass is 394 g/mol. The molecule has 0 radical (unpaired) electrons. The molecule has 0 aromatic heterocycles. The predicted molar refractivity (Wildman–Crippen MR) is 135 cm³/mol. The first kappa shape index (κ1) is 27.2. The van der Waals surface area contributed by atoms with Gasteiger partial charge in [0.25, 0.3) is 0 Å². The maximum atomic E-state index is 3.63. The molecule has 0 nitrogen and oxygen atoms in total. The highest BCUT2D eigenvalue weighted by atomic mass is 14.0. The lowest BCUT2D eigenvalue weighted by Crippen LogP contribution is -1.82. The summed E-state index contributed by atoms with van der Waals surface area (Å²) in [5, 5.41) is 0. The fourth-order valence-electron chi connectivity index (χ4n) is 3.11. The van der Waals surface area contributed by atoms with Crippen molar-refractivity contribution in [3.8, 4) is 0 Å². The van der Waals surface area contributed by atoms with Crippen molar-refractivity contribution in [3.63, 3.8) is 0 Å². The minimum atomic E-state index is 1.20. The van der Waals surface area contributed by atoms with Gasteiger partial charge in [0.2, 0.25) is 0 Å². The van der Waals surface area contributed by atoms with Crippen LogP contribution >= 0.6 is 0 Å². The van der Waals surface area contributed by atoms with Gasteiger partial charge in [-0.25, -0.2) is 0 Å². The fraction of sp³-hybridized carbons (Fsp3) is 0.517. The third kappa shape index (κ3) is 26.2. The predicted octanol–water partition coefficient (Wildman–Crippen LogP) is 9.99. The van der Waals surface area contributed by atoms with Crippen molar-refractivity contribution in [3.05, 3.63) is 85.6 Å². The van der Waals surface area contributed by atoms with Gasteiger partial charge < -0.3 is 0 Å². The molecule has 0 aliphatic carbocycles. The van der Waals surface area contributed by atoms with E-state index in [0.29, 0.717) is 0 Å². The third-order valence-corrected chi connectivity index (χ3v) is 4.86. The molecule has 0 saturated heterocycles. The lowest BCUT2D eigenvalue weighted by Gasteiger charge is -2.02. The summed E-state index contributed by atoms with van der Waals surface area (Å²) in [6.45, 7) is 5.92. The Morgan fingerprint density at radius 1 is 0.414 bits per heavy atom. The van der Waals surface area contributed by atoms with Crippen LogP contribution in [0.15, 0.2) is 85.6 Å². The average Bonchev–Trinajstić information content (AvgIpc) is 2.74. The highest BCUT2D eigenvalue weighted by Crippen LogP contribution is 2.13. The summed E-state index contributed by atoms with van der Waals surface area (Å²) in [5.74, 6) is 0. The van der Waals surface area contributed by atoms with E-state index in [-0.39, 0.29) is 0 Å². The van der Waals surface area contributed by atoms with Crippen molar-refractivity contribution < 1.29 is 0 Å². The molecule has 0 aromatic carbocycles. The Bertz CT molecular complexity index is 496. The van der Waals surface area contributed by atoms with Crippen LogP contribution in [0.25, 0.3) is 0 Å². The first-order chi connectivity index (χ1) is 14.4. The second-order valence-corrected chi connectivity index (χ2v) is 7.62. The van der Waals surface area contributed by atoms with Crippen molar-refractivity contribution in [2.75, 3.05) is 0 Å². The first-order valence-corrected chi connectivity index (χ1v) is 12.0. The number of unbranched alkanes of at least 4 members (excludes halogenated alkanes) is 13. The summed E-state index contributed by atoms with van der Waals surface area (Å²) in [4.78, 5) is 0. The van der Waals surface area contributed by atoms with Crippen LogP contribution in [0, 0.1) is 0 Å². The fourth-order valence-corrected chi connectivity index (χ4v) is 3.11. The van der Waals surface area contributed by atoms with E-state index in [0.717, 1.165) is 0 Å². The van der Waals surface area contributed by atoms with Crippen LogP contribution in [-0.4, -0.2) is 0 Å². The Kier molecular flexibility index (Phi) is 24.5. The second-order valence-electron chi connectivity index (χ2n) is 7.62. The molecule has 0 heterocycles. The normalized spacial score (nSPS) is 12.9. The lowest BCUT2D eigenvalue weighted by atomic mass is 10.0. The largest absolute Gasteiger partial charge is 0.0991 e. The zero-order valence-electron chi connectivity index (χ0n) is 19.1. The summed E-state index contributed by atoms with van der Waals surface area (Å²) < 4.78 is 0. The van der Waals surface area contributed by atoms with Gasteiger partial charge in [0.15, 0.2) is 0 Å². The van der Waals surface area contributed by atoms with Gasteiger partial charge in [-0.05, 0) is 12.8 Å². The Hall–Kier alpha value is -1.82. The summed E-state index contributed by atoms with van der Waals surface area (Å²) in [5.41, 5.74) is 0. The van der Waals surface area contributed by atoms with Crippen LogP contribution in [0.2, 0.25) is 0 Å². The first-order valence-electron chi connectivity index (χ1n) is 12.0. The van der Waals surface area contributed by atoms with Crippen LogP contribution in [-0.2, 0) is 0 Å². The Morgan fingerprint density at radius 3 is 1.17 bits per heavy atom. The maximum Gasteiger partial charge on any atom is -0.0348 e. The molecule has 0 bridgehead atoms. The highest BCUT2D eigenvalue weighted by molar-refractivity contribution is 5.20. The molecular formula is C29H46. The number of hydrogen-bond donors (Lipinski definition) is 0. The third-order valence-electron chi connectivity index (χ3n) is 4.86. The quantitative estimate of drug-likeness (QED) is 0.142. The Labute approximate surface area is 182 Å². The van der Waals surface area contributed by atoms with E-state index in [2.05, 4.69) is 43.9 Å². The molecule has 0 aromatic rings. The molecular weight excluding hydrogens is 348 g/mol. The van der Waals surface area contributed by atoms with Gasteiger partial charge in [-0.3, -0.25) is 0 Å². The molecule has 0 heteroatoms. The molecule has 0 atom stereocenters. The zero-order chi connectivity index (χ0) is 21.1. The van der Waals surface area contributed by atoms with Crippen LogP contribution in [0.1, 0.15) is 96.8 Å². The summed E-state index contributed by atoms with van der Waals surface area (Å²) in [6.07, 6.45) is 46.1. The standard InChI is InChI=1S/C29H46/c1-3-5-7-9-11-13-15-17-19-21-23-25-27-29-28-26-24-22-20-18-16-14-12-10-8-6-4-2/h3,5,7,9,11,13,15,17,19,21,23,25,27H,1,4,6,8,10,12,14,16,18,20,22,24,26,28-29H2,2H3/b7-5+,11-9+,15-13+,19-17+,23-21+,27-25+. The molecule has 0 aliphatic rings. The molecule has 0 N–H and O–H groups in total. The highest BCUT2D eigenvalue weighted by Gasteiger charge is 1.93. The van der Waals surface area contributed by atoms with Crippen molar-refractivity contribution >= 4 is 0 Å². The van der Waals surface area contributed by atoms with Gasteiger partial charge in [-0.15, -0.1) is 0 Å². The minimum absolute atomic E-state index is 1.20. The Balaban J connectivity index is 3.37. The van der Waals surface area contributed by atoms with Crippen LogP contribution in [0.5, 0.6) is 0 Å².